The molecule has 0 radical (unpaired) electrons. The van der Waals surface area contributed by atoms with Gasteiger partial charge in [0.2, 0.25) is 0 Å². The molecule has 0 bridgehead atoms. The maximum absolute atomic E-state index is 4.46. The van der Waals surface area contributed by atoms with E-state index >= 15 is 0 Å². The third-order valence-corrected chi connectivity index (χ3v) is 6.33. The van der Waals surface area contributed by atoms with E-state index in [1.165, 1.54) is 47.4 Å². The zero-order chi connectivity index (χ0) is 14.0. The highest BCUT2D eigenvalue weighted by atomic mass is 79.9. The summed E-state index contributed by atoms with van der Waals surface area (Å²) in [7, 11) is 1.90. The van der Waals surface area contributed by atoms with Crippen molar-refractivity contribution in [1.82, 2.24) is 10.2 Å². The third kappa shape index (κ3) is 3.03. The summed E-state index contributed by atoms with van der Waals surface area (Å²) in [6, 6.07) is 4.31. The maximum Gasteiger partial charge on any atom is 0.193 e. The normalized spacial score (nSPS) is 21.3. The highest BCUT2D eigenvalue weighted by Gasteiger charge is 2.43. The molecule has 1 saturated heterocycles. The summed E-state index contributed by atoms with van der Waals surface area (Å²) < 4.78 is 1.21. The molecule has 0 unspecified atom stereocenters. The van der Waals surface area contributed by atoms with Crippen molar-refractivity contribution in [2.45, 2.75) is 32.1 Å². The molecular formula is C15H22BrN3S. The molecule has 1 saturated carbocycles. The molecule has 2 heterocycles. The SMILES string of the molecule is CN=C(NCCc1ccc(Br)s1)N1CCC2(CCC2)C1. The lowest BCUT2D eigenvalue weighted by atomic mass is 9.68. The van der Waals surface area contributed by atoms with Gasteiger partial charge in [-0.1, -0.05) is 6.42 Å². The fourth-order valence-corrected chi connectivity index (χ4v) is 4.80. The average Bonchev–Trinajstić information content (AvgIpc) is 3.01. The molecule has 0 amide bonds. The largest absolute Gasteiger partial charge is 0.356 e. The lowest BCUT2D eigenvalue weighted by Gasteiger charge is -2.38. The third-order valence-electron chi connectivity index (χ3n) is 4.65. The van der Waals surface area contributed by atoms with Gasteiger partial charge in [-0.05, 0) is 59.2 Å². The first kappa shape index (κ1) is 14.4. The zero-order valence-electron chi connectivity index (χ0n) is 12.0. The first-order valence-corrected chi connectivity index (χ1v) is 9.02. The Bertz CT molecular complexity index is 493. The van der Waals surface area contributed by atoms with Crippen LogP contribution in [0.5, 0.6) is 0 Å². The van der Waals surface area contributed by atoms with Gasteiger partial charge in [-0.3, -0.25) is 4.99 Å². The second kappa shape index (κ2) is 6.06. The quantitative estimate of drug-likeness (QED) is 0.663. The van der Waals surface area contributed by atoms with E-state index < -0.39 is 0 Å². The molecule has 20 heavy (non-hydrogen) atoms. The van der Waals surface area contributed by atoms with Crippen LogP contribution in [-0.4, -0.2) is 37.5 Å². The Morgan fingerprint density at radius 3 is 2.85 bits per heavy atom. The van der Waals surface area contributed by atoms with Crippen LogP contribution in [0.2, 0.25) is 0 Å². The molecule has 5 heteroatoms. The molecule has 3 rings (SSSR count). The summed E-state index contributed by atoms with van der Waals surface area (Å²) in [5.41, 5.74) is 0.635. The average molecular weight is 356 g/mol. The first-order chi connectivity index (χ1) is 9.71. The summed E-state index contributed by atoms with van der Waals surface area (Å²) >= 11 is 5.33. The van der Waals surface area contributed by atoms with Gasteiger partial charge in [0.25, 0.3) is 0 Å². The second-order valence-corrected chi connectivity index (χ2v) is 8.50. The van der Waals surface area contributed by atoms with Gasteiger partial charge >= 0.3 is 0 Å². The summed E-state index contributed by atoms with van der Waals surface area (Å²) in [6.45, 7) is 3.34. The van der Waals surface area contributed by atoms with Crippen molar-refractivity contribution in [2.24, 2.45) is 10.4 Å². The number of rotatable bonds is 3. The molecule has 2 aliphatic rings. The van der Waals surface area contributed by atoms with Crippen LogP contribution in [0.25, 0.3) is 0 Å². The Morgan fingerprint density at radius 1 is 1.45 bits per heavy atom. The number of hydrogen-bond acceptors (Lipinski definition) is 2. The topological polar surface area (TPSA) is 27.6 Å². The molecule has 1 aliphatic carbocycles. The van der Waals surface area contributed by atoms with Crippen molar-refractivity contribution >= 4 is 33.2 Å². The van der Waals surface area contributed by atoms with Gasteiger partial charge in [-0.2, -0.15) is 0 Å². The Hall–Kier alpha value is -0.550. The molecular weight excluding hydrogens is 334 g/mol. The number of aliphatic imine (C=N–C) groups is 1. The van der Waals surface area contributed by atoms with Crippen LogP contribution in [0.3, 0.4) is 0 Å². The van der Waals surface area contributed by atoms with Crippen molar-refractivity contribution in [2.75, 3.05) is 26.7 Å². The fraction of sp³-hybridized carbons (Fsp3) is 0.667. The molecule has 3 nitrogen and oxygen atoms in total. The first-order valence-electron chi connectivity index (χ1n) is 7.41. The van der Waals surface area contributed by atoms with E-state index in [1.54, 1.807) is 0 Å². The van der Waals surface area contributed by atoms with Gasteiger partial charge < -0.3 is 10.2 Å². The number of nitrogens with one attached hydrogen (secondary N) is 1. The lowest BCUT2D eigenvalue weighted by molar-refractivity contribution is 0.151. The second-order valence-electron chi connectivity index (χ2n) is 5.95. The summed E-state index contributed by atoms with van der Waals surface area (Å²) in [5, 5.41) is 3.52. The van der Waals surface area contributed by atoms with E-state index in [0.717, 1.165) is 18.9 Å². The predicted octanol–water partition coefficient (Wildman–Crippen LogP) is 3.50. The van der Waals surface area contributed by atoms with Crippen molar-refractivity contribution in [3.63, 3.8) is 0 Å². The molecule has 2 fully saturated rings. The number of likely N-dealkylation sites (tertiary alicyclic amines) is 1. The summed E-state index contributed by atoms with van der Waals surface area (Å²) in [6.07, 6.45) is 6.68. The van der Waals surface area contributed by atoms with Crippen molar-refractivity contribution in [1.29, 1.82) is 0 Å². The Morgan fingerprint density at radius 2 is 2.30 bits per heavy atom. The van der Waals surface area contributed by atoms with E-state index in [4.69, 9.17) is 0 Å². The highest BCUT2D eigenvalue weighted by molar-refractivity contribution is 9.11. The van der Waals surface area contributed by atoms with Crippen LogP contribution in [0.15, 0.2) is 20.9 Å². The summed E-state index contributed by atoms with van der Waals surface area (Å²) in [5.74, 6) is 1.09. The number of guanidine groups is 1. The lowest BCUT2D eigenvalue weighted by Crippen LogP contribution is -2.43. The van der Waals surface area contributed by atoms with Crippen molar-refractivity contribution in [3.05, 3.63) is 20.8 Å². The molecule has 1 N–H and O–H groups in total. The molecule has 110 valence electrons. The van der Waals surface area contributed by atoms with Gasteiger partial charge in [0.05, 0.1) is 3.79 Å². The molecule has 1 aromatic rings. The van der Waals surface area contributed by atoms with Crippen LogP contribution in [-0.2, 0) is 6.42 Å². The number of halogens is 1. The number of hydrogen-bond donors (Lipinski definition) is 1. The molecule has 0 atom stereocenters. The smallest absolute Gasteiger partial charge is 0.193 e. The molecule has 0 aromatic carbocycles. The van der Waals surface area contributed by atoms with E-state index in [1.807, 2.05) is 18.4 Å². The summed E-state index contributed by atoms with van der Waals surface area (Å²) in [4.78, 5) is 8.32. The van der Waals surface area contributed by atoms with E-state index in [9.17, 15) is 0 Å². The van der Waals surface area contributed by atoms with Crippen LogP contribution in [0, 0.1) is 5.41 Å². The predicted molar refractivity (Wildman–Crippen MR) is 89.6 cm³/mol. The van der Waals surface area contributed by atoms with Gasteiger partial charge in [-0.15, -0.1) is 11.3 Å². The minimum Gasteiger partial charge on any atom is -0.356 e. The van der Waals surface area contributed by atoms with Crippen LogP contribution >= 0.6 is 27.3 Å². The van der Waals surface area contributed by atoms with Gasteiger partial charge in [0.1, 0.15) is 0 Å². The Balaban J connectivity index is 1.48. The highest BCUT2D eigenvalue weighted by Crippen LogP contribution is 2.47. The van der Waals surface area contributed by atoms with Gasteiger partial charge in [-0.25, -0.2) is 0 Å². The standard InChI is InChI=1S/C15H22BrN3S/c1-17-14(18-9-5-12-3-4-13(16)20-12)19-10-8-15(11-19)6-2-7-15/h3-4H,2,5-11H2,1H3,(H,17,18). The minimum absolute atomic E-state index is 0.635. The molecule has 1 spiro atoms. The number of nitrogens with zero attached hydrogens (tertiary/aromatic N) is 2. The van der Waals surface area contributed by atoms with Crippen LogP contribution in [0.4, 0.5) is 0 Å². The monoisotopic (exact) mass is 355 g/mol. The van der Waals surface area contributed by atoms with E-state index in [-0.39, 0.29) is 0 Å². The Labute approximate surface area is 133 Å². The molecule has 1 aromatic heterocycles. The minimum atomic E-state index is 0.635. The van der Waals surface area contributed by atoms with Gasteiger partial charge in [0.15, 0.2) is 5.96 Å². The maximum atomic E-state index is 4.46. The van der Waals surface area contributed by atoms with Crippen LogP contribution < -0.4 is 5.32 Å². The van der Waals surface area contributed by atoms with E-state index in [0.29, 0.717) is 5.41 Å². The van der Waals surface area contributed by atoms with E-state index in [2.05, 4.69) is 43.3 Å². The Kier molecular flexibility index (Phi) is 4.36. The fourth-order valence-electron chi connectivity index (χ4n) is 3.32. The van der Waals surface area contributed by atoms with Crippen molar-refractivity contribution in [3.8, 4) is 0 Å². The zero-order valence-corrected chi connectivity index (χ0v) is 14.4. The number of thiophene rings is 1. The van der Waals surface area contributed by atoms with Crippen LogP contribution in [0.1, 0.15) is 30.6 Å². The van der Waals surface area contributed by atoms with Crippen molar-refractivity contribution < 1.29 is 0 Å². The molecule has 1 aliphatic heterocycles. The van der Waals surface area contributed by atoms with Gasteiger partial charge in [0, 0.05) is 31.6 Å².